The number of nitrogens with zero attached hydrogens (tertiary/aromatic N) is 2. The third-order valence-electron chi connectivity index (χ3n) is 6.60. The quantitative estimate of drug-likeness (QED) is 0.379. The molecule has 1 aliphatic rings. The van der Waals surface area contributed by atoms with Crippen molar-refractivity contribution in [2.75, 3.05) is 11.4 Å². The number of rotatable bonds is 9. The summed E-state index contributed by atoms with van der Waals surface area (Å²) >= 11 is 6.41. The number of anilines is 1. The molecule has 0 aromatic heterocycles. The molecule has 37 heavy (non-hydrogen) atoms. The molecule has 1 N–H and O–H groups in total. The lowest BCUT2D eigenvalue weighted by atomic mass is 10.0. The minimum Gasteiger partial charge on any atom is -0.350 e. The zero-order chi connectivity index (χ0) is 26.7. The van der Waals surface area contributed by atoms with Crippen LogP contribution < -0.4 is 10.2 Å². The normalized spacial score (nSPS) is 13.6. The Bertz CT molecular complexity index is 1330. The van der Waals surface area contributed by atoms with Gasteiger partial charge in [-0.15, -0.1) is 0 Å². The summed E-state index contributed by atoms with van der Waals surface area (Å²) < 4.78 is 0. The number of nitrogens with one attached hydrogen (secondary N) is 1. The van der Waals surface area contributed by atoms with E-state index in [1.54, 1.807) is 15.9 Å². The van der Waals surface area contributed by atoms with E-state index in [2.05, 4.69) is 5.32 Å². The van der Waals surface area contributed by atoms with E-state index in [1.807, 2.05) is 82.3 Å². The number of amides is 3. The molecule has 7 heteroatoms. The van der Waals surface area contributed by atoms with Crippen LogP contribution in [0.5, 0.6) is 0 Å². The fraction of sp³-hybridized carbons (Fsp3) is 0.367. The molecule has 3 amide bonds. The minimum atomic E-state index is -0.630. The van der Waals surface area contributed by atoms with Gasteiger partial charge in [0.1, 0.15) is 6.04 Å². The van der Waals surface area contributed by atoms with Gasteiger partial charge in [0.05, 0.1) is 5.69 Å². The summed E-state index contributed by atoms with van der Waals surface area (Å²) in [5.41, 5.74) is 1.95. The van der Waals surface area contributed by atoms with Gasteiger partial charge in [0.15, 0.2) is 0 Å². The first kappa shape index (κ1) is 26.7. The first-order chi connectivity index (χ1) is 17.6. The zero-order valence-electron chi connectivity index (χ0n) is 21.9. The Morgan fingerprint density at radius 2 is 1.73 bits per heavy atom. The lowest BCUT2D eigenvalue weighted by Gasteiger charge is -2.33. The second-order valence-electron chi connectivity index (χ2n) is 10.5. The Balaban J connectivity index is 1.51. The van der Waals surface area contributed by atoms with E-state index in [9.17, 15) is 14.4 Å². The molecule has 0 spiro atoms. The van der Waals surface area contributed by atoms with Crippen LogP contribution in [0.4, 0.5) is 5.69 Å². The Morgan fingerprint density at radius 1 is 1.03 bits per heavy atom. The van der Waals surface area contributed by atoms with Crippen molar-refractivity contribution in [1.82, 2.24) is 10.2 Å². The maximum atomic E-state index is 13.6. The highest BCUT2D eigenvalue weighted by atomic mass is 35.5. The third-order valence-corrected chi connectivity index (χ3v) is 6.97. The second-order valence-corrected chi connectivity index (χ2v) is 10.9. The SMILES string of the molecule is CC[C@@H](C(=O)NC(C)(C)C)N(Cc1ccccc1Cl)C(=O)CCCN1C(=O)c2cccc3cccc1c23. The Morgan fingerprint density at radius 3 is 2.41 bits per heavy atom. The Hall–Kier alpha value is -3.38. The van der Waals surface area contributed by atoms with E-state index in [4.69, 9.17) is 11.6 Å². The van der Waals surface area contributed by atoms with Gasteiger partial charge in [0.25, 0.3) is 5.91 Å². The van der Waals surface area contributed by atoms with Gasteiger partial charge < -0.3 is 15.1 Å². The van der Waals surface area contributed by atoms with Crippen molar-refractivity contribution >= 4 is 45.8 Å². The van der Waals surface area contributed by atoms with E-state index < -0.39 is 11.6 Å². The number of benzene rings is 3. The fourth-order valence-electron chi connectivity index (χ4n) is 4.92. The Labute approximate surface area is 223 Å². The van der Waals surface area contributed by atoms with Gasteiger partial charge in [-0.2, -0.15) is 0 Å². The summed E-state index contributed by atoms with van der Waals surface area (Å²) in [6.45, 7) is 8.32. The van der Waals surface area contributed by atoms with E-state index in [-0.39, 0.29) is 30.7 Å². The standard InChI is InChI=1S/C30H34ClN3O3/c1-5-24(28(36)32-30(2,3)4)34(19-21-11-6-7-15-23(21)31)26(35)17-10-18-33-25-16-9-13-20-12-8-14-22(27(20)25)29(33)37/h6-9,11-16,24H,5,10,17-19H2,1-4H3,(H,32,36)/t24-/m0/s1. The topological polar surface area (TPSA) is 69.7 Å². The summed E-state index contributed by atoms with van der Waals surface area (Å²) in [5, 5.41) is 5.57. The van der Waals surface area contributed by atoms with Crippen LogP contribution in [0.3, 0.4) is 0 Å². The second kappa shape index (κ2) is 10.9. The van der Waals surface area contributed by atoms with Gasteiger partial charge >= 0.3 is 0 Å². The smallest absolute Gasteiger partial charge is 0.258 e. The van der Waals surface area contributed by atoms with Crippen molar-refractivity contribution in [1.29, 1.82) is 0 Å². The van der Waals surface area contributed by atoms with Crippen LogP contribution in [0.1, 0.15) is 62.9 Å². The van der Waals surface area contributed by atoms with Crippen LogP contribution in [0, 0.1) is 0 Å². The molecule has 0 saturated heterocycles. The first-order valence-corrected chi connectivity index (χ1v) is 13.2. The monoisotopic (exact) mass is 519 g/mol. The van der Waals surface area contributed by atoms with E-state index in [1.165, 1.54) is 0 Å². The van der Waals surface area contributed by atoms with Gasteiger partial charge in [0, 0.05) is 41.0 Å². The number of halogens is 1. The van der Waals surface area contributed by atoms with Gasteiger partial charge in [-0.05, 0) is 62.8 Å². The van der Waals surface area contributed by atoms with Gasteiger partial charge in [0.2, 0.25) is 11.8 Å². The maximum Gasteiger partial charge on any atom is 0.258 e. The highest BCUT2D eigenvalue weighted by molar-refractivity contribution is 6.31. The minimum absolute atomic E-state index is 0.0387. The van der Waals surface area contributed by atoms with Gasteiger partial charge in [-0.25, -0.2) is 0 Å². The lowest BCUT2D eigenvalue weighted by Crippen LogP contribution is -2.53. The van der Waals surface area contributed by atoms with Crippen LogP contribution in [-0.4, -0.2) is 40.7 Å². The average molecular weight is 520 g/mol. The number of hydrogen-bond acceptors (Lipinski definition) is 3. The van der Waals surface area contributed by atoms with E-state index in [0.29, 0.717) is 30.0 Å². The third kappa shape index (κ3) is 5.80. The highest BCUT2D eigenvalue weighted by Crippen LogP contribution is 2.37. The molecule has 0 bridgehead atoms. The van der Waals surface area contributed by atoms with Gasteiger partial charge in [-0.3, -0.25) is 14.4 Å². The largest absolute Gasteiger partial charge is 0.350 e. The zero-order valence-corrected chi connectivity index (χ0v) is 22.6. The molecule has 1 heterocycles. The fourth-order valence-corrected chi connectivity index (χ4v) is 5.11. The first-order valence-electron chi connectivity index (χ1n) is 12.8. The molecule has 4 rings (SSSR count). The molecular weight excluding hydrogens is 486 g/mol. The molecule has 194 valence electrons. The van der Waals surface area contributed by atoms with Crippen molar-refractivity contribution in [3.05, 3.63) is 76.8 Å². The Kier molecular flexibility index (Phi) is 7.88. The molecule has 3 aromatic carbocycles. The lowest BCUT2D eigenvalue weighted by molar-refractivity contribution is -0.142. The van der Waals surface area contributed by atoms with Crippen molar-refractivity contribution in [2.24, 2.45) is 0 Å². The molecule has 1 atom stereocenters. The average Bonchev–Trinajstić information content (AvgIpc) is 3.12. The molecule has 3 aromatic rings. The van der Waals surface area contributed by atoms with Crippen LogP contribution in [0.25, 0.3) is 10.8 Å². The molecule has 0 radical (unpaired) electrons. The summed E-state index contributed by atoms with van der Waals surface area (Å²) in [5.74, 6) is -0.367. The molecule has 0 saturated carbocycles. The van der Waals surface area contributed by atoms with Crippen molar-refractivity contribution in [3.63, 3.8) is 0 Å². The molecule has 1 aliphatic heterocycles. The van der Waals surface area contributed by atoms with Crippen molar-refractivity contribution in [2.45, 2.75) is 65.1 Å². The molecule has 0 unspecified atom stereocenters. The molecule has 6 nitrogen and oxygen atoms in total. The summed E-state index contributed by atoms with van der Waals surface area (Å²) in [4.78, 5) is 43.3. The summed E-state index contributed by atoms with van der Waals surface area (Å²) in [6.07, 6.45) is 1.16. The van der Waals surface area contributed by atoms with Crippen LogP contribution in [0.2, 0.25) is 5.02 Å². The summed E-state index contributed by atoms with van der Waals surface area (Å²) in [7, 11) is 0. The predicted octanol–water partition coefficient (Wildman–Crippen LogP) is 5.96. The number of carbonyl (C=O) groups excluding carboxylic acids is 3. The van der Waals surface area contributed by atoms with Crippen LogP contribution in [-0.2, 0) is 16.1 Å². The predicted molar refractivity (Wildman–Crippen MR) is 149 cm³/mol. The van der Waals surface area contributed by atoms with Crippen LogP contribution >= 0.6 is 11.6 Å². The van der Waals surface area contributed by atoms with Gasteiger partial charge in [-0.1, -0.05) is 61.0 Å². The summed E-state index contributed by atoms with van der Waals surface area (Å²) in [6, 6.07) is 18.4. The van der Waals surface area contributed by atoms with Crippen molar-refractivity contribution < 1.29 is 14.4 Å². The molecular formula is C30H34ClN3O3. The maximum absolute atomic E-state index is 13.6. The van der Waals surface area contributed by atoms with E-state index in [0.717, 1.165) is 22.0 Å². The molecule has 0 aliphatic carbocycles. The molecule has 0 fully saturated rings. The highest BCUT2D eigenvalue weighted by Gasteiger charge is 2.32. The van der Waals surface area contributed by atoms with E-state index >= 15 is 0 Å². The van der Waals surface area contributed by atoms with Crippen molar-refractivity contribution in [3.8, 4) is 0 Å². The number of carbonyl (C=O) groups is 3. The van der Waals surface area contributed by atoms with Crippen LogP contribution in [0.15, 0.2) is 60.7 Å². The number of hydrogen-bond donors (Lipinski definition) is 1.